The lowest BCUT2D eigenvalue weighted by Gasteiger charge is -2.26. The zero-order valence-electron chi connectivity index (χ0n) is 16.4. The lowest BCUT2D eigenvalue weighted by Crippen LogP contribution is -2.53. The number of guanidine groups is 1. The topological polar surface area (TPSA) is 82.6 Å². The van der Waals surface area contributed by atoms with Crippen LogP contribution in [0.15, 0.2) is 23.2 Å². The van der Waals surface area contributed by atoms with E-state index in [0.717, 1.165) is 23.1 Å². The molecule has 27 heavy (non-hydrogen) atoms. The highest BCUT2D eigenvalue weighted by Crippen LogP contribution is 2.17. The van der Waals surface area contributed by atoms with Gasteiger partial charge in [-0.2, -0.15) is 11.8 Å². The Kier molecular flexibility index (Phi) is 11.8. The number of sulfonamides is 1. The molecule has 0 saturated heterocycles. The number of halogens is 2. The molecule has 0 aliphatic rings. The molecule has 1 rings (SSSR count). The maximum Gasteiger partial charge on any atom is 0.209 e. The van der Waals surface area contributed by atoms with Gasteiger partial charge in [-0.1, -0.05) is 6.07 Å². The SMILES string of the molecule is CCNC(=NCc1ccc(F)cc1CSC)NCC(C)(C)NS(C)(=O)=O.I. The molecule has 0 amide bonds. The molecule has 0 saturated carbocycles. The molecule has 0 spiro atoms. The molecule has 1 aromatic carbocycles. The van der Waals surface area contributed by atoms with Gasteiger partial charge in [0, 0.05) is 24.4 Å². The summed E-state index contributed by atoms with van der Waals surface area (Å²) in [6.07, 6.45) is 3.11. The highest BCUT2D eigenvalue weighted by Gasteiger charge is 2.22. The summed E-state index contributed by atoms with van der Waals surface area (Å²) < 4.78 is 38.9. The molecule has 1 aromatic rings. The van der Waals surface area contributed by atoms with Crippen molar-refractivity contribution >= 4 is 51.7 Å². The molecule has 0 fully saturated rings. The van der Waals surface area contributed by atoms with Gasteiger partial charge in [0.05, 0.1) is 12.8 Å². The molecule has 0 aromatic heterocycles. The van der Waals surface area contributed by atoms with Gasteiger partial charge in [-0.05, 0) is 50.3 Å². The molecule has 3 N–H and O–H groups in total. The first kappa shape index (κ1) is 26.4. The van der Waals surface area contributed by atoms with Crippen LogP contribution in [0.3, 0.4) is 0 Å². The van der Waals surface area contributed by atoms with Gasteiger partial charge in [-0.3, -0.25) is 0 Å². The summed E-state index contributed by atoms with van der Waals surface area (Å²) in [4.78, 5) is 4.54. The van der Waals surface area contributed by atoms with Crippen molar-refractivity contribution in [1.29, 1.82) is 0 Å². The molecule has 0 aliphatic carbocycles. The lowest BCUT2D eigenvalue weighted by molar-refractivity contribution is 0.446. The Bertz CT molecular complexity index is 728. The fraction of sp³-hybridized carbons (Fsp3) is 0.588. The molecular formula is C17H30FIN4O2S2. The summed E-state index contributed by atoms with van der Waals surface area (Å²) in [7, 11) is -3.30. The predicted molar refractivity (Wildman–Crippen MR) is 124 cm³/mol. The Labute approximate surface area is 183 Å². The summed E-state index contributed by atoms with van der Waals surface area (Å²) >= 11 is 1.63. The first-order valence-corrected chi connectivity index (χ1v) is 11.6. The second-order valence-electron chi connectivity index (χ2n) is 6.65. The summed E-state index contributed by atoms with van der Waals surface area (Å²) in [5.41, 5.74) is 1.23. The minimum atomic E-state index is -3.30. The number of rotatable bonds is 9. The van der Waals surface area contributed by atoms with Crippen molar-refractivity contribution in [3.05, 3.63) is 35.1 Å². The fourth-order valence-electron chi connectivity index (χ4n) is 2.39. The van der Waals surface area contributed by atoms with Gasteiger partial charge in [0.2, 0.25) is 10.0 Å². The molecule has 0 radical (unpaired) electrons. The first-order valence-electron chi connectivity index (χ1n) is 8.33. The van der Waals surface area contributed by atoms with Crippen LogP contribution in [0, 0.1) is 5.82 Å². The van der Waals surface area contributed by atoms with Crippen molar-refractivity contribution in [2.45, 2.75) is 38.6 Å². The molecule has 10 heteroatoms. The molecular weight excluding hydrogens is 502 g/mol. The monoisotopic (exact) mass is 532 g/mol. The minimum Gasteiger partial charge on any atom is -0.357 e. The number of nitrogens with zero attached hydrogens (tertiary/aromatic N) is 1. The van der Waals surface area contributed by atoms with Crippen LogP contribution in [0.4, 0.5) is 4.39 Å². The van der Waals surface area contributed by atoms with Gasteiger partial charge in [0.25, 0.3) is 0 Å². The lowest BCUT2D eigenvalue weighted by atomic mass is 10.1. The highest BCUT2D eigenvalue weighted by molar-refractivity contribution is 14.0. The number of hydrogen-bond acceptors (Lipinski definition) is 4. The maximum absolute atomic E-state index is 13.5. The molecule has 0 bridgehead atoms. The third-order valence-corrected chi connectivity index (χ3v) is 4.90. The molecule has 0 unspecified atom stereocenters. The third-order valence-electron chi connectivity index (χ3n) is 3.38. The van der Waals surface area contributed by atoms with Crippen molar-refractivity contribution in [3.8, 4) is 0 Å². The van der Waals surface area contributed by atoms with E-state index in [9.17, 15) is 12.8 Å². The van der Waals surface area contributed by atoms with Crippen molar-refractivity contribution < 1.29 is 12.8 Å². The molecule has 6 nitrogen and oxygen atoms in total. The summed E-state index contributed by atoms with van der Waals surface area (Å²) in [6.45, 7) is 6.99. The van der Waals surface area contributed by atoms with E-state index in [1.807, 2.05) is 13.2 Å². The average molecular weight is 532 g/mol. The average Bonchev–Trinajstić information content (AvgIpc) is 2.49. The van der Waals surface area contributed by atoms with Crippen LogP contribution in [-0.4, -0.2) is 45.5 Å². The number of aliphatic imine (C=N–C) groups is 1. The molecule has 0 heterocycles. The Morgan fingerprint density at radius 2 is 1.93 bits per heavy atom. The van der Waals surface area contributed by atoms with E-state index in [4.69, 9.17) is 0 Å². The Morgan fingerprint density at radius 3 is 2.48 bits per heavy atom. The van der Waals surface area contributed by atoms with Gasteiger partial charge in [0.1, 0.15) is 5.82 Å². The Balaban J connectivity index is 0.00000676. The second-order valence-corrected chi connectivity index (χ2v) is 9.27. The van der Waals surface area contributed by atoms with E-state index in [0.29, 0.717) is 25.6 Å². The van der Waals surface area contributed by atoms with Crippen molar-refractivity contribution in [3.63, 3.8) is 0 Å². The van der Waals surface area contributed by atoms with Crippen molar-refractivity contribution in [2.75, 3.05) is 25.6 Å². The zero-order chi connectivity index (χ0) is 19.8. The van der Waals surface area contributed by atoms with E-state index < -0.39 is 15.6 Å². The fourth-order valence-corrected chi connectivity index (χ4v) is 4.04. The highest BCUT2D eigenvalue weighted by atomic mass is 127. The Morgan fingerprint density at radius 1 is 1.26 bits per heavy atom. The number of thioether (sulfide) groups is 1. The smallest absolute Gasteiger partial charge is 0.209 e. The van der Waals surface area contributed by atoms with E-state index in [1.165, 1.54) is 6.07 Å². The van der Waals surface area contributed by atoms with Gasteiger partial charge >= 0.3 is 0 Å². The third kappa shape index (κ3) is 11.1. The van der Waals surface area contributed by atoms with E-state index in [2.05, 4.69) is 20.3 Å². The van der Waals surface area contributed by atoms with E-state index >= 15 is 0 Å². The van der Waals surface area contributed by atoms with Gasteiger partial charge < -0.3 is 10.6 Å². The number of nitrogens with one attached hydrogen (secondary N) is 3. The molecule has 0 atom stereocenters. The number of hydrogen-bond donors (Lipinski definition) is 3. The summed E-state index contributed by atoms with van der Waals surface area (Å²) in [5.74, 6) is 1.05. The van der Waals surface area contributed by atoms with Crippen molar-refractivity contribution in [1.82, 2.24) is 15.4 Å². The van der Waals surface area contributed by atoms with Crippen LogP contribution >= 0.6 is 35.7 Å². The van der Waals surface area contributed by atoms with Crippen LogP contribution < -0.4 is 15.4 Å². The van der Waals surface area contributed by atoms with E-state index in [-0.39, 0.29) is 29.8 Å². The van der Waals surface area contributed by atoms with Crippen LogP contribution in [0.25, 0.3) is 0 Å². The Hall–Kier alpha value is -0.590. The quantitative estimate of drug-likeness (QED) is 0.259. The number of benzene rings is 1. The van der Waals surface area contributed by atoms with E-state index in [1.54, 1.807) is 37.7 Å². The van der Waals surface area contributed by atoms with Crippen LogP contribution in [-0.2, 0) is 22.3 Å². The minimum absolute atomic E-state index is 0. The standard InChI is InChI=1S/C17H29FN4O2S2.HI/c1-6-19-16(21-12-17(2,3)22-26(5,23)24)20-10-13-7-8-15(18)9-14(13)11-25-4;/h7-9,22H,6,10-12H2,1-5H3,(H2,19,20,21);1H. The van der Waals surface area contributed by atoms with Gasteiger partial charge in [-0.25, -0.2) is 22.5 Å². The summed E-state index contributed by atoms with van der Waals surface area (Å²) in [6, 6.07) is 4.73. The van der Waals surface area contributed by atoms with Crippen molar-refractivity contribution in [2.24, 2.45) is 4.99 Å². The molecule has 0 aliphatic heterocycles. The van der Waals surface area contributed by atoms with Crippen LogP contribution in [0.2, 0.25) is 0 Å². The van der Waals surface area contributed by atoms with Crippen LogP contribution in [0.5, 0.6) is 0 Å². The molecule has 156 valence electrons. The predicted octanol–water partition coefficient (Wildman–Crippen LogP) is 2.69. The maximum atomic E-state index is 13.5. The zero-order valence-corrected chi connectivity index (χ0v) is 20.4. The second kappa shape index (κ2) is 12.1. The van der Waals surface area contributed by atoms with Gasteiger partial charge in [-0.15, -0.1) is 24.0 Å². The van der Waals surface area contributed by atoms with Gasteiger partial charge in [0.15, 0.2) is 5.96 Å². The van der Waals surface area contributed by atoms with Crippen LogP contribution in [0.1, 0.15) is 31.9 Å². The summed E-state index contributed by atoms with van der Waals surface area (Å²) in [5, 5.41) is 6.28. The normalized spacial score (nSPS) is 12.4. The first-order chi connectivity index (χ1) is 12.1. The largest absolute Gasteiger partial charge is 0.357 e.